The van der Waals surface area contributed by atoms with Crippen molar-refractivity contribution in [1.29, 1.82) is 0 Å². The summed E-state index contributed by atoms with van der Waals surface area (Å²) in [6.45, 7) is 3.76. The van der Waals surface area contributed by atoms with Crippen LogP contribution in [0.2, 0.25) is 0 Å². The molecule has 0 fully saturated rings. The molecule has 1 aromatic heterocycles. The summed E-state index contributed by atoms with van der Waals surface area (Å²) in [7, 11) is 1.62. The van der Waals surface area contributed by atoms with Crippen LogP contribution in [0.3, 0.4) is 0 Å². The molecule has 0 saturated carbocycles. The van der Waals surface area contributed by atoms with Crippen molar-refractivity contribution < 1.29 is 14.3 Å². The molecule has 3 aromatic carbocycles. The lowest BCUT2D eigenvalue weighted by atomic mass is 10.1. The summed E-state index contributed by atoms with van der Waals surface area (Å²) in [6, 6.07) is 20.6. The smallest absolute Gasteiger partial charge is 0.255 e. The van der Waals surface area contributed by atoms with E-state index < -0.39 is 0 Å². The van der Waals surface area contributed by atoms with Crippen LogP contribution < -0.4 is 15.4 Å². The van der Waals surface area contributed by atoms with Crippen molar-refractivity contribution in [1.82, 2.24) is 4.98 Å². The quantitative estimate of drug-likeness (QED) is 0.320. The van der Waals surface area contributed by atoms with E-state index in [-0.39, 0.29) is 17.1 Å². The van der Waals surface area contributed by atoms with Gasteiger partial charge in [-0.2, -0.15) is 0 Å². The number of thiazole rings is 1. The molecule has 1 unspecified atom stereocenters. The number of aryl methyl sites for hydroxylation is 1. The molecule has 4 rings (SSSR count). The first kappa shape index (κ1) is 22.8. The molecule has 4 aromatic rings. The van der Waals surface area contributed by atoms with Crippen molar-refractivity contribution in [3.63, 3.8) is 0 Å². The minimum atomic E-state index is -0.320. The second-order valence-corrected chi connectivity index (χ2v) is 9.84. The van der Waals surface area contributed by atoms with E-state index in [1.807, 2.05) is 74.5 Å². The molecule has 2 amide bonds. The molecule has 33 heavy (non-hydrogen) atoms. The molecule has 0 aliphatic rings. The van der Waals surface area contributed by atoms with Gasteiger partial charge in [-0.25, -0.2) is 4.98 Å². The number of carbonyl (C=O) groups is 2. The summed E-state index contributed by atoms with van der Waals surface area (Å²) in [5.74, 6) is 0.490. The Morgan fingerprint density at radius 2 is 1.79 bits per heavy atom. The fourth-order valence-corrected chi connectivity index (χ4v) is 4.96. The predicted octanol–water partition coefficient (Wildman–Crippen LogP) is 5.98. The van der Waals surface area contributed by atoms with Crippen molar-refractivity contribution >= 4 is 55.9 Å². The van der Waals surface area contributed by atoms with E-state index in [4.69, 9.17) is 4.74 Å². The Kier molecular flexibility index (Phi) is 6.96. The molecule has 0 saturated heterocycles. The zero-order chi connectivity index (χ0) is 23.4. The zero-order valence-corrected chi connectivity index (χ0v) is 20.0. The standard InChI is InChI=1S/C25H23N3O3S2/c1-15-6-4-5-7-20(15)24(30)26-17-8-11-19(12-9-17)32-16(2)23(29)28-25-27-21-13-10-18(31-3)14-22(21)33-25/h4-14,16H,1-3H3,(H,26,30)(H,27,28,29). The minimum Gasteiger partial charge on any atom is -0.497 e. The van der Waals surface area contributed by atoms with Gasteiger partial charge in [0.1, 0.15) is 5.75 Å². The Labute approximate surface area is 200 Å². The van der Waals surface area contributed by atoms with Crippen molar-refractivity contribution in [2.75, 3.05) is 17.7 Å². The van der Waals surface area contributed by atoms with E-state index in [1.54, 1.807) is 13.2 Å². The molecule has 8 heteroatoms. The van der Waals surface area contributed by atoms with Crippen molar-refractivity contribution in [2.45, 2.75) is 24.0 Å². The van der Waals surface area contributed by atoms with Crippen LogP contribution in [0, 0.1) is 6.92 Å². The number of aromatic nitrogens is 1. The summed E-state index contributed by atoms with van der Waals surface area (Å²) in [5.41, 5.74) is 3.10. The zero-order valence-electron chi connectivity index (χ0n) is 18.4. The summed E-state index contributed by atoms with van der Waals surface area (Å²) in [4.78, 5) is 30.6. The van der Waals surface area contributed by atoms with Gasteiger partial charge in [0, 0.05) is 16.1 Å². The molecule has 6 nitrogen and oxygen atoms in total. The van der Waals surface area contributed by atoms with Crippen LogP contribution >= 0.6 is 23.1 Å². The van der Waals surface area contributed by atoms with Crippen LogP contribution in [-0.4, -0.2) is 29.2 Å². The maximum atomic E-state index is 12.7. The summed E-state index contributed by atoms with van der Waals surface area (Å²) < 4.78 is 6.19. The number of hydrogen-bond donors (Lipinski definition) is 2. The van der Waals surface area contributed by atoms with Gasteiger partial charge >= 0.3 is 0 Å². The Morgan fingerprint density at radius 1 is 1.03 bits per heavy atom. The maximum absolute atomic E-state index is 12.7. The van der Waals surface area contributed by atoms with Gasteiger partial charge in [-0.1, -0.05) is 29.5 Å². The first-order chi connectivity index (χ1) is 15.9. The highest BCUT2D eigenvalue weighted by molar-refractivity contribution is 8.00. The van der Waals surface area contributed by atoms with Gasteiger partial charge in [0.25, 0.3) is 5.91 Å². The predicted molar refractivity (Wildman–Crippen MR) is 136 cm³/mol. The van der Waals surface area contributed by atoms with Crippen LogP contribution in [0.1, 0.15) is 22.8 Å². The lowest BCUT2D eigenvalue weighted by molar-refractivity contribution is -0.115. The SMILES string of the molecule is COc1ccc2nc(NC(=O)C(C)Sc3ccc(NC(=O)c4ccccc4C)cc3)sc2c1. The van der Waals surface area contributed by atoms with Crippen molar-refractivity contribution in [3.05, 3.63) is 77.9 Å². The van der Waals surface area contributed by atoms with E-state index in [1.165, 1.54) is 23.1 Å². The third-order valence-corrected chi connectivity index (χ3v) is 7.06. The topological polar surface area (TPSA) is 80.3 Å². The number of nitrogens with zero attached hydrogens (tertiary/aromatic N) is 1. The lowest BCUT2D eigenvalue weighted by Gasteiger charge is -2.11. The van der Waals surface area contributed by atoms with Gasteiger partial charge in [0.2, 0.25) is 5.91 Å². The fraction of sp³-hybridized carbons (Fsp3) is 0.160. The lowest BCUT2D eigenvalue weighted by Crippen LogP contribution is -2.22. The summed E-state index contributed by atoms with van der Waals surface area (Å²) in [5, 5.41) is 6.05. The van der Waals surface area contributed by atoms with Crippen LogP contribution in [0.25, 0.3) is 10.2 Å². The van der Waals surface area contributed by atoms with Gasteiger partial charge in [0.05, 0.1) is 22.6 Å². The number of benzene rings is 3. The average Bonchev–Trinajstić information content (AvgIpc) is 3.21. The number of rotatable bonds is 7. The highest BCUT2D eigenvalue weighted by Gasteiger charge is 2.17. The molecule has 2 N–H and O–H groups in total. The second kappa shape index (κ2) is 10.1. The average molecular weight is 478 g/mol. The normalized spacial score (nSPS) is 11.7. The maximum Gasteiger partial charge on any atom is 0.255 e. The molecular weight excluding hydrogens is 454 g/mol. The fourth-order valence-electron chi connectivity index (χ4n) is 3.19. The summed E-state index contributed by atoms with van der Waals surface area (Å²) in [6.07, 6.45) is 0. The number of methoxy groups -OCH3 is 1. The Hall–Kier alpha value is -3.36. The highest BCUT2D eigenvalue weighted by Crippen LogP contribution is 2.30. The van der Waals surface area contributed by atoms with E-state index in [2.05, 4.69) is 15.6 Å². The van der Waals surface area contributed by atoms with Crippen LogP contribution in [-0.2, 0) is 4.79 Å². The van der Waals surface area contributed by atoms with E-state index >= 15 is 0 Å². The van der Waals surface area contributed by atoms with E-state index in [0.29, 0.717) is 16.4 Å². The van der Waals surface area contributed by atoms with Crippen LogP contribution in [0.5, 0.6) is 5.75 Å². The minimum absolute atomic E-state index is 0.122. The van der Waals surface area contributed by atoms with Crippen LogP contribution in [0.15, 0.2) is 71.6 Å². The first-order valence-electron chi connectivity index (χ1n) is 10.3. The third kappa shape index (κ3) is 5.53. The van der Waals surface area contributed by atoms with Gasteiger partial charge in [0.15, 0.2) is 5.13 Å². The molecule has 168 valence electrons. The van der Waals surface area contributed by atoms with E-state index in [0.717, 1.165) is 26.4 Å². The number of anilines is 2. The monoisotopic (exact) mass is 477 g/mol. The Morgan fingerprint density at radius 3 is 2.52 bits per heavy atom. The molecule has 1 heterocycles. The number of thioether (sulfide) groups is 1. The van der Waals surface area contributed by atoms with Gasteiger partial charge in [-0.3, -0.25) is 9.59 Å². The summed E-state index contributed by atoms with van der Waals surface area (Å²) >= 11 is 2.86. The van der Waals surface area contributed by atoms with Crippen molar-refractivity contribution in [2.24, 2.45) is 0 Å². The molecule has 1 atom stereocenters. The molecule has 0 aliphatic heterocycles. The van der Waals surface area contributed by atoms with Gasteiger partial charge in [-0.05, 0) is 67.9 Å². The number of nitrogens with one attached hydrogen (secondary N) is 2. The largest absolute Gasteiger partial charge is 0.497 e. The van der Waals surface area contributed by atoms with Gasteiger partial charge in [-0.15, -0.1) is 11.8 Å². The number of ether oxygens (including phenoxy) is 1. The number of carbonyl (C=O) groups excluding carboxylic acids is 2. The first-order valence-corrected chi connectivity index (χ1v) is 12.0. The number of fused-ring (bicyclic) bond motifs is 1. The van der Waals surface area contributed by atoms with Gasteiger partial charge < -0.3 is 15.4 Å². The van der Waals surface area contributed by atoms with Crippen LogP contribution in [0.4, 0.5) is 10.8 Å². The molecular formula is C25H23N3O3S2. The van der Waals surface area contributed by atoms with Crippen molar-refractivity contribution in [3.8, 4) is 5.75 Å². The van der Waals surface area contributed by atoms with E-state index in [9.17, 15) is 9.59 Å². The number of amides is 2. The Balaban J connectivity index is 1.35. The Bertz CT molecular complexity index is 1300. The molecule has 0 radical (unpaired) electrons. The molecule has 0 bridgehead atoms. The second-order valence-electron chi connectivity index (χ2n) is 7.40. The molecule has 0 spiro atoms. The number of hydrogen-bond acceptors (Lipinski definition) is 6. The third-order valence-electron chi connectivity index (χ3n) is 5.01. The molecule has 0 aliphatic carbocycles. The highest BCUT2D eigenvalue weighted by atomic mass is 32.2.